The summed E-state index contributed by atoms with van der Waals surface area (Å²) in [5.74, 6) is 0.185. The normalized spacial score (nSPS) is 12.2. The number of benzene rings is 2. The average molecular weight is 418 g/mol. The van der Waals surface area contributed by atoms with Crippen LogP contribution < -0.4 is 19.7 Å². The standard InChI is InChI=1S/C22H25F2N3O3/c1-27(13-15-7-8-19(30-22(23)24)20(11-15)29-2)14-21(28)25-10-9-16-12-26-18-6-4-3-5-17(16)18/h3-8,11-12,22,26H,9-10,13-14H2,1-2H3,(H,25,28)/p+1. The molecular formula is C22H26F2N3O3+. The van der Waals surface area contributed by atoms with Crippen molar-refractivity contribution >= 4 is 16.8 Å². The van der Waals surface area contributed by atoms with Crippen molar-refractivity contribution < 1.29 is 27.9 Å². The van der Waals surface area contributed by atoms with Gasteiger partial charge in [0.2, 0.25) is 0 Å². The predicted octanol–water partition coefficient (Wildman–Crippen LogP) is 2.15. The van der Waals surface area contributed by atoms with Gasteiger partial charge in [0.15, 0.2) is 18.0 Å². The number of methoxy groups -OCH3 is 1. The molecule has 2 aromatic carbocycles. The van der Waals surface area contributed by atoms with E-state index in [1.54, 1.807) is 12.1 Å². The number of ether oxygens (including phenoxy) is 2. The predicted molar refractivity (Wildman–Crippen MR) is 110 cm³/mol. The number of rotatable bonds is 10. The number of aromatic nitrogens is 1. The third-order valence-electron chi connectivity index (χ3n) is 4.80. The molecule has 0 bridgehead atoms. The average Bonchev–Trinajstić information content (AvgIpc) is 3.12. The van der Waals surface area contributed by atoms with Gasteiger partial charge in [-0.25, -0.2) is 0 Å². The lowest BCUT2D eigenvalue weighted by atomic mass is 10.1. The van der Waals surface area contributed by atoms with Crippen LogP contribution in [0.3, 0.4) is 0 Å². The molecule has 3 N–H and O–H groups in total. The number of fused-ring (bicyclic) bond motifs is 1. The Morgan fingerprint density at radius 2 is 2.00 bits per heavy atom. The van der Waals surface area contributed by atoms with E-state index >= 15 is 0 Å². The Bertz CT molecular complexity index is 991. The first-order chi connectivity index (χ1) is 14.5. The molecular weight excluding hydrogens is 392 g/mol. The molecule has 1 aromatic heterocycles. The Labute approximate surface area is 173 Å². The zero-order chi connectivity index (χ0) is 21.5. The van der Waals surface area contributed by atoms with Crippen LogP contribution in [0.25, 0.3) is 10.9 Å². The molecule has 0 fully saturated rings. The van der Waals surface area contributed by atoms with E-state index in [-0.39, 0.29) is 17.4 Å². The Morgan fingerprint density at radius 1 is 1.20 bits per heavy atom. The number of amides is 1. The van der Waals surface area contributed by atoms with Crippen molar-refractivity contribution in [2.24, 2.45) is 0 Å². The minimum absolute atomic E-state index is 0.0103. The van der Waals surface area contributed by atoms with Gasteiger partial charge in [-0.2, -0.15) is 8.78 Å². The molecule has 6 nitrogen and oxygen atoms in total. The number of likely N-dealkylation sites (N-methyl/N-ethyl adjacent to an activating group) is 1. The zero-order valence-corrected chi connectivity index (χ0v) is 17.0. The van der Waals surface area contributed by atoms with Crippen molar-refractivity contribution in [2.75, 3.05) is 27.2 Å². The summed E-state index contributed by atoms with van der Waals surface area (Å²) in [6.07, 6.45) is 2.72. The van der Waals surface area contributed by atoms with Gasteiger partial charge in [-0.05, 0) is 36.2 Å². The highest BCUT2D eigenvalue weighted by Crippen LogP contribution is 2.29. The van der Waals surface area contributed by atoms with Gasteiger partial charge >= 0.3 is 6.61 Å². The monoisotopic (exact) mass is 418 g/mol. The molecule has 1 atom stereocenters. The van der Waals surface area contributed by atoms with Gasteiger partial charge in [0.05, 0.1) is 14.2 Å². The molecule has 0 saturated heterocycles. The molecule has 3 rings (SSSR count). The van der Waals surface area contributed by atoms with Gasteiger partial charge in [0, 0.05) is 29.2 Å². The van der Waals surface area contributed by atoms with Crippen LogP contribution in [0.2, 0.25) is 0 Å². The second kappa shape index (κ2) is 10.1. The van der Waals surface area contributed by atoms with Gasteiger partial charge in [-0.1, -0.05) is 18.2 Å². The van der Waals surface area contributed by atoms with Crippen LogP contribution in [0, 0.1) is 0 Å². The lowest BCUT2D eigenvalue weighted by Gasteiger charge is -2.16. The van der Waals surface area contributed by atoms with Crippen LogP contribution in [0.15, 0.2) is 48.7 Å². The Balaban J connectivity index is 1.47. The second-order valence-electron chi connectivity index (χ2n) is 7.13. The maximum Gasteiger partial charge on any atom is 0.387 e. The number of para-hydroxylation sites is 1. The third kappa shape index (κ3) is 5.70. The van der Waals surface area contributed by atoms with Gasteiger partial charge in [0.1, 0.15) is 6.54 Å². The summed E-state index contributed by atoms with van der Waals surface area (Å²) in [4.78, 5) is 16.5. The minimum atomic E-state index is -2.91. The topological polar surface area (TPSA) is 67.8 Å². The van der Waals surface area contributed by atoms with E-state index in [1.165, 1.54) is 24.1 Å². The largest absolute Gasteiger partial charge is 0.493 e. The lowest BCUT2D eigenvalue weighted by Crippen LogP contribution is -3.08. The molecule has 3 aromatic rings. The fourth-order valence-corrected chi connectivity index (χ4v) is 3.44. The van der Waals surface area contributed by atoms with Crippen molar-refractivity contribution in [1.29, 1.82) is 0 Å². The van der Waals surface area contributed by atoms with Crippen LogP contribution >= 0.6 is 0 Å². The molecule has 1 amide bonds. The summed E-state index contributed by atoms with van der Waals surface area (Å²) in [5.41, 5.74) is 3.12. The van der Waals surface area contributed by atoms with E-state index in [2.05, 4.69) is 21.1 Å². The first-order valence-corrected chi connectivity index (χ1v) is 9.71. The number of halogens is 2. The first kappa shape index (κ1) is 21.6. The number of alkyl halides is 2. The van der Waals surface area contributed by atoms with E-state index in [9.17, 15) is 13.6 Å². The fourth-order valence-electron chi connectivity index (χ4n) is 3.44. The fraction of sp³-hybridized carbons (Fsp3) is 0.318. The maximum atomic E-state index is 12.4. The summed E-state index contributed by atoms with van der Waals surface area (Å²) >= 11 is 0. The zero-order valence-electron chi connectivity index (χ0n) is 17.0. The second-order valence-corrected chi connectivity index (χ2v) is 7.13. The summed E-state index contributed by atoms with van der Waals surface area (Å²) < 4.78 is 34.4. The van der Waals surface area contributed by atoms with Gasteiger partial charge < -0.3 is 24.7 Å². The molecule has 1 heterocycles. The van der Waals surface area contributed by atoms with Crippen LogP contribution in [-0.2, 0) is 17.8 Å². The lowest BCUT2D eigenvalue weighted by molar-refractivity contribution is -0.885. The van der Waals surface area contributed by atoms with E-state index < -0.39 is 6.61 Å². The molecule has 0 aliphatic heterocycles. The highest BCUT2D eigenvalue weighted by atomic mass is 19.3. The van der Waals surface area contributed by atoms with Crippen LogP contribution in [0.4, 0.5) is 8.78 Å². The molecule has 0 saturated carbocycles. The quantitative estimate of drug-likeness (QED) is 0.473. The van der Waals surface area contributed by atoms with Crippen molar-refractivity contribution in [2.45, 2.75) is 19.6 Å². The van der Waals surface area contributed by atoms with E-state index in [4.69, 9.17) is 4.74 Å². The molecule has 30 heavy (non-hydrogen) atoms. The first-order valence-electron chi connectivity index (χ1n) is 9.71. The number of carbonyl (C=O) groups excluding carboxylic acids is 1. The summed E-state index contributed by atoms with van der Waals surface area (Å²) in [6.45, 7) is -1.51. The Morgan fingerprint density at radius 3 is 2.77 bits per heavy atom. The van der Waals surface area contributed by atoms with E-state index in [0.29, 0.717) is 19.6 Å². The van der Waals surface area contributed by atoms with E-state index in [0.717, 1.165) is 22.4 Å². The van der Waals surface area contributed by atoms with Crippen molar-refractivity contribution in [3.63, 3.8) is 0 Å². The van der Waals surface area contributed by atoms with Crippen LogP contribution in [0.5, 0.6) is 11.5 Å². The van der Waals surface area contributed by atoms with Crippen molar-refractivity contribution in [3.05, 3.63) is 59.8 Å². The molecule has 0 radical (unpaired) electrons. The Hall–Kier alpha value is -3.13. The Kier molecular flexibility index (Phi) is 7.24. The number of hydrogen-bond acceptors (Lipinski definition) is 3. The molecule has 0 aliphatic carbocycles. The summed E-state index contributed by atoms with van der Waals surface area (Å²) in [7, 11) is 3.30. The van der Waals surface area contributed by atoms with Crippen molar-refractivity contribution in [3.8, 4) is 11.5 Å². The number of hydrogen-bond donors (Lipinski definition) is 3. The SMILES string of the molecule is COc1cc(C[NH+](C)CC(=O)NCCc2c[nH]c3ccccc23)ccc1OC(F)F. The minimum Gasteiger partial charge on any atom is -0.493 e. The molecule has 160 valence electrons. The summed E-state index contributed by atoms with van der Waals surface area (Å²) in [5, 5.41) is 4.12. The number of H-pyrrole nitrogens is 1. The molecule has 8 heteroatoms. The number of nitrogens with one attached hydrogen (secondary N) is 3. The maximum absolute atomic E-state index is 12.4. The smallest absolute Gasteiger partial charge is 0.387 e. The molecule has 0 spiro atoms. The third-order valence-corrected chi connectivity index (χ3v) is 4.80. The van der Waals surface area contributed by atoms with E-state index in [1.807, 2.05) is 31.4 Å². The van der Waals surface area contributed by atoms with Gasteiger partial charge in [-0.15, -0.1) is 0 Å². The molecule has 1 unspecified atom stereocenters. The van der Waals surface area contributed by atoms with Crippen LogP contribution in [0.1, 0.15) is 11.1 Å². The highest BCUT2D eigenvalue weighted by molar-refractivity contribution is 5.83. The van der Waals surface area contributed by atoms with Crippen LogP contribution in [-0.4, -0.2) is 44.7 Å². The highest BCUT2D eigenvalue weighted by Gasteiger charge is 2.15. The van der Waals surface area contributed by atoms with Crippen molar-refractivity contribution in [1.82, 2.24) is 10.3 Å². The van der Waals surface area contributed by atoms with Gasteiger partial charge in [0.25, 0.3) is 5.91 Å². The summed E-state index contributed by atoms with van der Waals surface area (Å²) in [6, 6.07) is 12.9. The number of quaternary nitrogens is 1. The molecule has 0 aliphatic rings. The number of carbonyl (C=O) groups is 1. The van der Waals surface area contributed by atoms with Gasteiger partial charge in [-0.3, -0.25) is 4.79 Å². The number of aromatic amines is 1.